The Bertz CT molecular complexity index is 738. The average molecular weight is 370 g/mol. The first-order valence-corrected chi connectivity index (χ1v) is 9.09. The maximum Gasteiger partial charge on any atom is 0.263 e. The van der Waals surface area contributed by atoms with E-state index in [-0.39, 0.29) is 5.91 Å². The van der Waals surface area contributed by atoms with Crippen LogP contribution in [-0.2, 0) is 4.79 Å². The molecule has 0 saturated carbocycles. The minimum atomic E-state index is -0.522. The molecule has 2 aromatic rings. The molecule has 0 aliphatic carbocycles. The zero-order valence-corrected chi connectivity index (χ0v) is 16.1. The molecule has 1 aliphatic rings. The van der Waals surface area contributed by atoms with Crippen molar-refractivity contribution in [3.05, 3.63) is 48.5 Å². The van der Waals surface area contributed by atoms with E-state index in [1.54, 1.807) is 21.1 Å². The Balaban J connectivity index is 1.52. The molecule has 144 valence electrons. The zero-order valence-electron chi connectivity index (χ0n) is 16.1. The Morgan fingerprint density at radius 2 is 1.30 bits per heavy atom. The predicted molar refractivity (Wildman–Crippen MR) is 105 cm³/mol. The third kappa shape index (κ3) is 4.64. The number of ether oxygens (including phenoxy) is 3. The molecule has 1 heterocycles. The van der Waals surface area contributed by atoms with E-state index in [2.05, 4.69) is 4.90 Å². The standard InChI is InChI=1S/C21H26N2O4/c1-16(27-20-10-8-19(26-3)9-11-20)21(24)23-14-12-22(13-15-23)17-4-6-18(25-2)7-5-17/h4-11,16H,12-15H2,1-3H3. The molecule has 6 heteroatoms. The number of hydrogen-bond acceptors (Lipinski definition) is 5. The maximum atomic E-state index is 12.7. The van der Waals surface area contributed by atoms with Crippen molar-refractivity contribution in [1.29, 1.82) is 0 Å². The first kappa shape index (κ1) is 18.9. The van der Waals surface area contributed by atoms with Crippen molar-refractivity contribution < 1.29 is 19.0 Å². The van der Waals surface area contributed by atoms with Gasteiger partial charge in [0.05, 0.1) is 14.2 Å². The summed E-state index contributed by atoms with van der Waals surface area (Å²) < 4.78 is 16.1. The van der Waals surface area contributed by atoms with E-state index in [1.165, 1.54) is 0 Å². The number of anilines is 1. The Morgan fingerprint density at radius 3 is 1.81 bits per heavy atom. The minimum absolute atomic E-state index is 0.0141. The highest BCUT2D eigenvalue weighted by Gasteiger charge is 2.26. The van der Waals surface area contributed by atoms with Gasteiger partial charge in [-0.25, -0.2) is 0 Å². The molecule has 0 radical (unpaired) electrons. The summed E-state index contributed by atoms with van der Waals surface area (Å²) in [6, 6.07) is 15.3. The highest BCUT2D eigenvalue weighted by molar-refractivity contribution is 5.81. The monoisotopic (exact) mass is 370 g/mol. The summed E-state index contributed by atoms with van der Waals surface area (Å²) in [7, 11) is 3.28. The molecule has 1 atom stereocenters. The number of rotatable bonds is 6. The van der Waals surface area contributed by atoms with Crippen LogP contribution in [0.5, 0.6) is 17.2 Å². The van der Waals surface area contributed by atoms with Gasteiger partial charge in [-0.15, -0.1) is 0 Å². The first-order chi connectivity index (χ1) is 13.1. The van der Waals surface area contributed by atoms with E-state index in [0.717, 1.165) is 30.3 Å². The topological polar surface area (TPSA) is 51.2 Å². The molecule has 6 nitrogen and oxygen atoms in total. The van der Waals surface area contributed by atoms with Gasteiger partial charge in [-0.05, 0) is 55.5 Å². The lowest BCUT2D eigenvalue weighted by atomic mass is 10.2. The van der Waals surface area contributed by atoms with E-state index in [4.69, 9.17) is 14.2 Å². The van der Waals surface area contributed by atoms with Gasteiger partial charge in [0.1, 0.15) is 17.2 Å². The summed E-state index contributed by atoms with van der Waals surface area (Å²) in [4.78, 5) is 16.8. The van der Waals surface area contributed by atoms with Crippen molar-refractivity contribution >= 4 is 11.6 Å². The molecular formula is C21H26N2O4. The summed E-state index contributed by atoms with van der Waals surface area (Å²) >= 11 is 0. The molecule has 0 spiro atoms. The van der Waals surface area contributed by atoms with Gasteiger partial charge in [-0.2, -0.15) is 0 Å². The van der Waals surface area contributed by atoms with E-state index >= 15 is 0 Å². The molecule has 1 aliphatic heterocycles. The molecule has 0 N–H and O–H groups in total. The maximum absolute atomic E-state index is 12.7. The summed E-state index contributed by atoms with van der Waals surface area (Å²) in [5.74, 6) is 2.28. The van der Waals surface area contributed by atoms with Crippen LogP contribution in [0.4, 0.5) is 5.69 Å². The van der Waals surface area contributed by atoms with Crippen molar-refractivity contribution in [2.45, 2.75) is 13.0 Å². The number of carbonyl (C=O) groups excluding carboxylic acids is 1. The van der Waals surface area contributed by atoms with Gasteiger partial charge in [0.2, 0.25) is 0 Å². The van der Waals surface area contributed by atoms with Crippen molar-refractivity contribution in [2.75, 3.05) is 45.3 Å². The second-order valence-corrected chi connectivity index (χ2v) is 6.45. The highest BCUT2D eigenvalue weighted by atomic mass is 16.5. The molecule has 0 bridgehead atoms. The fourth-order valence-electron chi connectivity index (χ4n) is 3.14. The Morgan fingerprint density at radius 1 is 0.815 bits per heavy atom. The lowest BCUT2D eigenvalue weighted by Gasteiger charge is -2.37. The van der Waals surface area contributed by atoms with Crippen LogP contribution in [0.2, 0.25) is 0 Å². The highest BCUT2D eigenvalue weighted by Crippen LogP contribution is 2.22. The molecule has 2 aromatic carbocycles. The summed E-state index contributed by atoms with van der Waals surface area (Å²) in [6.07, 6.45) is -0.522. The molecule has 3 rings (SSSR count). The fourth-order valence-corrected chi connectivity index (χ4v) is 3.14. The van der Waals surface area contributed by atoms with Gasteiger partial charge >= 0.3 is 0 Å². The second-order valence-electron chi connectivity index (χ2n) is 6.45. The summed E-state index contributed by atoms with van der Waals surface area (Å²) in [5.41, 5.74) is 1.14. The Hall–Kier alpha value is -2.89. The molecular weight excluding hydrogens is 344 g/mol. The Kier molecular flexibility index (Phi) is 6.06. The smallest absolute Gasteiger partial charge is 0.263 e. The van der Waals surface area contributed by atoms with E-state index in [1.807, 2.05) is 53.4 Å². The van der Waals surface area contributed by atoms with Gasteiger partial charge in [0.15, 0.2) is 6.10 Å². The van der Waals surface area contributed by atoms with Crippen molar-refractivity contribution in [3.8, 4) is 17.2 Å². The van der Waals surface area contributed by atoms with Crippen molar-refractivity contribution in [3.63, 3.8) is 0 Å². The molecule has 27 heavy (non-hydrogen) atoms. The van der Waals surface area contributed by atoms with Crippen molar-refractivity contribution in [1.82, 2.24) is 4.90 Å². The SMILES string of the molecule is COc1ccc(OC(C)C(=O)N2CCN(c3ccc(OC)cc3)CC2)cc1. The number of amides is 1. The number of nitrogens with zero attached hydrogens (tertiary/aromatic N) is 2. The van der Waals surface area contributed by atoms with Crippen LogP contribution in [0.1, 0.15) is 6.92 Å². The molecule has 1 amide bonds. The second kappa shape index (κ2) is 8.66. The molecule has 1 unspecified atom stereocenters. The molecule has 1 saturated heterocycles. The number of benzene rings is 2. The number of methoxy groups -OCH3 is 2. The van der Waals surface area contributed by atoms with Crippen LogP contribution in [-0.4, -0.2) is 57.3 Å². The number of hydrogen-bond donors (Lipinski definition) is 0. The summed E-state index contributed by atoms with van der Waals surface area (Å²) in [5, 5.41) is 0. The predicted octanol–water partition coefficient (Wildman–Crippen LogP) is 2.82. The average Bonchev–Trinajstić information content (AvgIpc) is 2.74. The van der Waals surface area contributed by atoms with Gasteiger partial charge in [-0.3, -0.25) is 4.79 Å². The van der Waals surface area contributed by atoms with Crippen molar-refractivity contribution in [2.24, 2.45) is 0 Å². The lowest BCUT2D eigenvalue weighted by Crippen LogP contribution is -2.52. The van der Waals surface area contributed by atoms with Gasteiger partial charge in [0, 0.05) is 31.9 Å². The van der Waals surface area contributed by atoms with Crippen LogP contribution in [0.3, 0.4) is 0 Å². The molecule has 0 aromatic heterocycles. The molecule has 1 fully saturated rings. The third-order valence-electron chi connectivity index (χ3n) is 4.75. The van der Waals surface area contributed by atoms with Gasteiger partial charge < -0.3 is 24.0 Å². The third-order valence-corrected chi connectivity index (χ3v) is 4.75. The van der Waals surface area contributed by atoms with E-state index in [0.29, 0.717) is 18.8 Å². The van der Waals surface area contributed by atoms with E-state index in [9.17, 15) is 4.79 Å². The summed E-state index contributed by atoms with van der Waals surface area (Å²) in [6.45, 7) is 4.76. The normalized spacial score (nSPS) is 15.2. The van der Waals surface area contributed by atoms with Crippen LogP contribution >= 0.6 is 0 Å². The number of carbonyl (C=O) groups is 1. The first-order valence-electron chi connectivity index (χ1n) is 9.09. The van der Waals surface area contributed by atoms with Gasteiger partial charge in [-0.1, -0.05) is 0 Å². The number of piperazine rings is 1. The quantitative estimate of drug-likeness (QED) is 0.783. The van der Waals surface area contributed by atoms with Crippen LogP contribution < -0.4 is 19.1 Å². The van der Waals surface area contributed by atoms with Gasteiger partial charge in [0.25, 0.3) is 5.91 Å². The van der Waals surface area contributed by atoms with E-state index < -0.39 is 6.10 Å². The van der Waals surface area contributed by atoms with Crippen LogP contribution in [0, 0.1) is 0 Å². The largest absolute Gasteiger partial charge is 0.497 e. The minimum Gasteiger partial charge on any atom is -0.497 e. The van der Waals surface area contributed by atoms with Crippen LogP contribution in [0.25, 0.3) is 0 Å². The fraction of sp³-hybridized carbons (Fsp3) is 0.381. The Labute approximate surface area is 160 Å². The zero-order chi connectivity index (χ0) is 19.2. The van der Waals surface area contributed by atoms with Crippen LogP contribution in [0.15, 0.2) is 48.5 Å². The lowest BCUT2D eigenvalue weighted by molar-refractivity contribution is -0.138.